The second-order valence-corrected chi connectivity index (χ2v) is 2.00. The van der Waals surface area contributed by atoms with Crippen LogP contribution in [0.1, 0.15) is 6.42 Å². The lowest BCUT2D eigenvalue weighted by atomic mass is 10.1. The fourth-order valence-corrected chi connectivity index (χ4v) is 0.740. The Labute approximate surface area is 62.5 Å². The Morgan fingerprint density at radius 3 is 2.91 bits per heavy atom. The first-order chi connectivity index (χ1) is 5.20. The first-order valence-corrected chi connectivity index (χ1v) is 3.01. The molecular formula is C6H6N2O3. The summed E-state index contributed by atoms with van der Waals surface area (Å²) >= 11 is 0. The summed E-state index contributed by atoms with van der Waals surface area (Å²) in [5, 5.41) is 9.14. The normalized spacial score (nSPS) is 16.0. The van der Waals surface area contributed by atoms with Crippen LogP contribution in [0, 0.1) is 10.1 Å². The predicted molar refractivity (Wildman–Crippen MR) is 37.0 cm³/mol. The molecule has 1 rings (SSSR count). The van der Waals surface area contributed by atoms with Crippen LogP contribution in [0.3, 0.4) is 0 Å². The molecule has 0 amide bonds. The molecule has 0 heterocycles. The largest absolute Gasteiger partial charge is 0.292 e. The van der Waals surface area contributed by atoms with Gasteiger partial charge in [-0.15, -0.1) is 5.43 Å². The molecular weight excluding hydrogens is 148 g/mol. The Bertz CT molecular complexity index is 255. The van der Waals surface area contributed by atoms with Crippen molar-refractivity contribution in [3.05, 3.63) is 34.0 Å². The Morgan fingerprint density at radius 1 is 1.64 bits per heavy atom. The van der Waals surface area contributed by atoms with Crippen molar-refractivity contribution in [2.75, 3.05) is 0 Å². The van der Waals surface area contributed by atoms with Crippen molar-refractivity contribution >= 4 is 5.78 Å². The molecule has 0 atom stereocenters. The predicted octanol–water partition coefficient (Wildman–Crippen LogP) is 0.181. The number of nitrogens with one attached hydrogen (secondary N) is 1. The fraction of sp³-hybridized carbons (Fsp3) is 0.167. The van der Waals surface area contributed by atoms with E-state index in [9.17, 15) is 14.9 Å². The highest BCUT2D eigenvalue weighted by Gasteiger charge is 2.13. The molecule has 1 aliphatic carbocycles. The lowest BCUT2D eigenvalue weighted by Gasteiger charge is -2.02. The van der Waals surface area contributed by atoms with E-state index in [1.165, 1.54) is 6.08 Å². The second kappa shape index (κ2) is 2.96. The Balaban J connectivity index is 2.68. The molecule has 0 saturated heterocycles. The van der Waals surface area contributed by atoms with Gasteiger partial charge in [0.15, 0.2) is 10.8 Å². The van der Waals surface area contributed by atoms with Crippen LogP contribution in [-0.2, 0) is 4.79 Å². The number of carbonyl (C=O) groups is 1. The van der Waals surface area contributed by atoms with E-state index in [0.717, 1.165) is 0 Å². The third kappa shape index (κ3) is 1.89. The van der Waals surface area contributed by atoms with Gasteiger partial charge < -0.3 is 0 Å². The van der Waals surface area contributed by atoms with Crippen molar-refractivity contribution in [1.82, 2.24) is 5.43 Å². The Morgan fingerprint density at radius 2 is 2.36 bits per heavy atom. The van der Waals surface area contributed by atoms with Gasteiger partial charge in [-0.05, 0) is 6.08 Å². The molecule has 11 heavy (non-hydrogen) atoms. The maximum Gasteiger partial charge on any atom is 0.188 e. The van der Waals surface area contributed by atoms with E-state index in [-0.39, 0.29) is 17.9 Å². The van der Waals surface area contributed by atoms with Crippen LogP contribution in [0.2, 0.25) is 0 Å². The number of nitrogens with zero attached hydrogens (tertiary/aromatic N) is 1. The molecule has 1 aliphatic rings. The molecule has 0 spiro atoms. The highest BCUT2D eigenvalue weighted by molar-refractivity contribution is 5.96. The molecule has 0 aliphatic heterocycles. The van der Waals surface area contributed by atoms with Crippen LogP contribution in [0.25, 0.3) is 0 Å². The summed E-state index contributed by atoms with van der Waals surface area (Å²) in [6.45, 7) is 0. The van der Waals surface area contributed by atoms with E-state index in [4.69, 9.17) is 0 Å². The Hall–Kier alpha value is -1.65. The summed E-state index contributed by atoms with van der Waals surface area (Å²) in [6.07, 6.45) is 4.86. The average molecular weight is 154 g/mol. The molecule has 0 bridgehead atoms. The number of hydrogen-bond acceptors (Lipinski definition) is 3. The minimum absolute atomic E-state index is 0.0394. The molecule has 0 aromatic carbocycles. The average Bonchev–Trinajstić information content (AvgIpc) is 1.93. The number of carbonyl (C=O) groups excluding carboxylic acids is 1. The molecule has 0 saturated carbocycles. The van der Waals surface area contributed by atoms with Gasteiger partial charge in [0.05, 0.1) is 0 Å². The SMILES string of the molecule is O=C1CC=CC=C1N[N+](=O)[O-]. The maximum absolute atomic E-state index is 10.8. The molecule has 0 aromatic rings. The summed E-state index contributed by atoms with van der Waals surface area (Å²) in [5.74, 6) is -0.260. The monoisotopic (exact) mass is 154 g/mol. The van der Waals surface area contributed by atoms with Crippen molar-refractivity contribution in [1.29, 1.82) is 0 Å². The van der Waals surface area contributed by atoms with Crippen LogP contribution in [0.15, 0.2) is 23.9 Å². The lowest BCUT2D eigenvalue weighted by Crippen LogP contribution is -2.26. The fourth-order valence-electron chi connectivity index (χ4n) is 0.740. The minimum Gasteiger partial charge on any atom is -0.292 e. The zero-order valence-electron chi connectivity index (χ0n) is 5.61. The molecule has 58 valence electrons. The number of ketones is 1. The topological polar surface area (TPSA) is 72.2 Å². The third-order valence-corrected chi connectivity index (χ3v) is 1.21. The van der Waals surface area contributed by atoms with Crippen LogP contribution in [0.5, 0.6) is 0 Å². The van der Waals surface area contributed by atoms with Gasteiger partial charge >= 0.3 is 0 Å². The molecule has 5 heteroatoms. The number of allylic oxidation sites excluding steroid dienone is 4. The summed E-state index contributed by atoms with van der Waals surface area (Å²) in [6, 6.07) is 0. The van der Waals surface area contributed by atoms with Gasteiger partial charge in [-0.1, -0.05) is 12.2 Å². The summed E-state index contributed by atoms with van der Waals surface area (Å²) in [7, 11) is 0. The van der Waals surface area contributed by atoms with Crippen molar-refractivity contribution in [2.45, 2.75) is 6.42 Å². The number of hydrogen-bond donors (Lipinski definition) is 1. The smallest absolute Gasteiger partial charge is 0.188 e. The highest BCUT2D eigenvalue weighted by Crippen LogP contribution is 2.03. The van der Waals surface area contributed by atoms with Crippen molar-refractivity contribution in [3.8, 4) is 0 Å². The molecule has 0 unspecified atom stereocenters. The van der Waals surface area contributed by atoms with E-state index < -0.39 is 5.03 Å². The third-order valence-electron chi connectivity index (χ3n) is 1.21. The quantitative estimate of drug-likeness (QED) is 0.455. The van der Waals surface area contributed by atoms with E-state index >= 15 is 0 Å². The standard InChI is InChI=1S/C6H6N2O3/c9-6-4-2-1-3-5(6)7-8(10)11/h1-3,7H,4H2. The van der Waals surface area contributed by atoms with E-state index in [1.807, 2.05) is 5.43 Å². The second-order valence-electron chi connectivity index (χ2n) is 2.00. The number of hydrazine groups is 1. The highest BCUT2D eigenvalue weighted by atomic mass is 16.7. The lowest BCUT2D eigenvalue weighted by molar-refractivity contribution is -0.534. The summed E-state index contributed by atoms with van der Waals surface area (Å²) in [4.78, 5) is 20.7. The molecule has 0 aromatic heterocycles. The summed E-state index contributed by atoms with van der Waals surface area (Å²) in [5.41, 5.74) is 1.85. The van der Waals surface area contributed by atoms with Crippen molar-refractivity contribution in [3.63, 3.8) is 0 Å². The minimum atomic E-state index is -0.747. The van der Waals surface area contributed by atoms with Crippen molar-refractivity contribution < 1.29 is 9.83 Å². The molecule has 0 radical (unpaired) electrons. The van der Waals surface area contributed by atoms with Gasteiger partial charge in [-0.25, -0.2) is 10.1 Å². The zero-order valence-corrected chi connectivity index (χ0v) is 5.61. The molecule has 0 fully saturated rings. The van der Waals surface area contributed by atoms with Crippen LogP contribution in [-0.4, -0.2) is 10.8 Å². The first-order valence-electron chi connectivity index (χ1n) is 3.01. The van der Waals surface area contributed by atoms with Gasteiger partial charge in [-0.3, -0.25) is 4.79 Å². The van der Waals surface area contributed by atoms with Crippen molar-refractivity contribution in [2.24, 2.45) is 0 Å². The van der Waals surface area contributed by atoms with Gasteiger partial charge in [0.2, 0.25) is 0 Å². The molecule has 1 N–H and O–H groups in total. The van der Waals surface area contributed by atoms with E-state index in [1.54, 1.807) is 12.2 Å². The van der Waals surface area contributed by atoms with Crippen LogP contribution in [0.4, 0.5) is 0 Å². The van der Waals surface area contributed by atoms with Crippen LogP contribution >= 0.6 is 0 Å². The van der Waals surface area contributed by atoms with E-state index in [0.29, 0.717) is 0 Å². The number of nitro groups is 1. The van der Waals surface area contributed by atoms with Gasteiger partial charge in [0.25, 0.3) is 0 Å². The number of Topliss-reactive ketones (excluding diaryl/α,β-unsaturated/α-hetero) is 1. The number of rotatable bonds is 2. The van der Waals surface area contributed by atoms with E-state index in [2.05, 4.69) is 0 Å². The van der Waals surface area contributed by atoms with Gasteiger partial charge in [0.1, 0.15) is 5.70 Å². The first kappa shape index (κ1) is 7.46. The van der Waals surface area contributed by atoms with Gasteiger partial charge in [0, 0.05) is 6.42 Å². The van der Waals surface area contributed by atoms with Crippen LogP contribution < -0.4 is 5.43 Å². The molecule has 5 nitrogen and oxygen atoms in total. The Kier molecular flexibility index (Phi) is 2.00. The zero-order chi connectivity index (χ0) is 8.27. The summed E-state index contributed by atoms with van der Waals surface area (Å²) < 4.78 is 0. The van der Waals surface area contributed by atoms with Gasteiger partial charge in [-0.2, -0.15) is 0 Å². The maximum atomic E-state index is 10.8.